The highest BCUT2D eigenvalue weighted by Crippen LogP contribution is 2.34. The molecule has 0 amide bonds. The van der Waals surface area contributed by atoms with E-state index in [4.69, 9.17) is 10.4 Å². The maximum Gasteiger partial charge on any atom is 0.311 e. The Balaban J connectivity index is 2.25. The number of anilines is 1. The van der Waals surface area contributed by atoms with Crippen LogP contribution in [0, 0.1) is 22.6 Å². The van der Waals surface area contributed by atoms with Crippen molar-refractivity contribution in [2.24, 2.45) is 5.41 Å². The van der Waals surface area contributed by atoms with Gasteiger partial charge in [-0.15, -0.1) is 0 Å². The first-order valence-electron chi connectivity index (χ1n) is 5.64. The fourth-order valence-electron chi connectivity index (χ4n) is 2.17. The second-order valence-corrected chi connectivity index (χ2v) is 4.82. The maximum atomic E-state index is 13.8. The van der Waals surface area contributed by atoms with Crippen LogP contribution >= 0.6 is 0 Å². The largest absolute Gasteiger partial charge is 0.481 e. The number of aliphatic carboxylic acids is 1. The van der Waals surface area contributed by atoms with Gasteiger partial charge >= 0.3 is 5.97 Å². The Labute approximate surface area is 104 Å². The van der Waals surface area contributed by atoms with Crippen LogP contribution in [-0.4, -0.2) is 24.2 Å². The molecule has 1 unspecified atom stereocenters. The Kier molecular flexibility index (Phi) is 2.95. The predicted molar refractivity (Wildman–Crippen MR) is 63.7 cm³/mol. The van der Waals surface area contributed by atoms with Crippen LogP contribution < -0.4 is 4.90 Å². The van der Waals surface area contributed by atoms with E-state index in [9.17, 15) is 9.18 Å². The molecule has 0 saturated carbocycles. The number of carboxylic acid groups (broad SMARTS) is 1. The van der Waals surface area contributed by atoms with Crippen LogP contribution in [-0.2, 0) is 4.79 Å². The molecule has 18 heavy (non-hydrogen) atoms. The van der Waals surface area contributed by atoms with Crippen molar-refractivity contribution in [2.45, 2.75) is 13.3 Å². The second kappa shape index (κ2) is 4.30. The summed E-state index contributed by atoms with van der Waals surface area (Å²) in [5.74, 6) is -1.34. The van der Waals surface area contributed by atoms with E-state index in [2.05, 4.69) is 0 Å². The number of hydrogen-bond donors (Lipinski definition) is 1. The van der Waals surface area contributed by atoms with E-state index in [1.165, 1.54) is 18.2 Å². The number of rotatable bonds is 2. The van der Waals surface area contributed by atoms with Gasteiger partial charge in [-0.2, -0.15) is 5.26 Å². The summed E-state index contributed by atoms with van der Waals surface area (Å²) in [5, 5.41) is 17.8. The summed E-state index contributed by atoms with van der Waals surface area (Å²) >= 11 is 0. The van der Waals surface area contributed by atoms with Crippen molar-refractivity contribution in [3.63, 3.8) is 0 Å². The zero-order chi connectivity index (χ0) is 13.3. The molecule has 4 nitrogen and oxygen atoms in total. The van der Waals surface area contributed by atoms with Crippen LogP contribution in [0.25, 0.3) is 0 Å². The first kappa shape index (κ1) is 12.4. The zero-order valence-electron chi connectivity index (χ0n) is 9.98. The van der Waals surface area contributed by atoms with E-state index in [0.29, 0.717) is 18.7 Å². The van der Waals surface area contributed by atoms with E-state index in [1.807, 2.05) is 6.07 Å². The SMILES string of the molecule is CC1(C(=O)O)CCN(c2ccc(C#N)cc2F)C1. The number of carboxylic acids is 1. The molecule has 1 saturated heterocycles. The van der Waals surface area contributed by atoms with Gasteiger partial charge in [0.05, 0.1) is 22.7 Å². The van der Waals surface area contributed by atoms with Gasteiger partial charge in [0.1, 0.15) is 5.82 Å². The normalized spacial score (nSPS) is 22.8. The van der Waals surface area contributed by atoms with Crippen molar-refractivity contribution in [2.75, 3.05) is 18.0 Å². The molecular weight excluding hydrogens is 235 g/mol. The van der Waals surface area contributed by atoms with Gasteiger partial charge in [0.25, 0.3) is 0 Å². The van der Waals surface area contributed by atoms with Crippen LogP contribution in [0.3, 0.4) is 0 Å². The lowest BCUT2D eigenvalue weighted by Gasteiger charge is -2.22. The van der Waals surface area contributed by atoms with E-state index >= 15 is 0 Å². The van der Waals surface area contributed by atoms with Crippen molar-refractivity contribution in [1.82, 2.24) is 0 Å². The van der Waals surface area contributed by atoms with Crippen LogP contribution in [0.4, 0.5) is 10.1 Å². The fourth-order valence-corrected chi connectivity index (χ4v) is 2.17. The first-order chi connectivity index (χ1) is 8.46. The van der Waals surface area contributed by atoms with Gasteiger partial charge in [0.15, 0.2) is 0 Å². The molecule has 1 N–H and O–H groups in total. The number of nitrogens with zero attached hydrogens (tertiary/aromatic N) is 2. The summed E-state index contributed by atoms with van der Waals surface area (Å²) in [5.41, 5.74) is -0.212. The molecule has 0 aromatic heterocycles. The van der Waals surface area contributed by atoms with Crippen molar-refractivity contribution in [1.29, 1.82) is 5.26 Å². The topological polar surface area (TPSA) is 64.3 Å². The molecule has 0 aliphatic carbocycles. The number of benzene rings is 1. The molecule has 1 aliphatic rings. The highest BCUT2D eigenvalue weighted by molar-refractivity contribution is 5.76. The number of carbonyl (C=O) groups is 1. The molecular formula is C13H13FN2O2. The third-order valence-electron chi connectivity index (χ3n) is 3.41. The Bertz CT molecular complexity index is 538. The van der Waals surface area contributed by atoms with Crippen molar-refractivity contribution >= 4 is 11.7 Å². The van der Waals surface area contributed by atoms with Gasteiger partial charge in [-0.1, -0.05) is 0 Å². The number of hydrogen-bond acceptors (Lipinski definition) is 3. The number of halogens is 1. The van der Waals surface area contributed by atoms with E-state index in [-0.39, 0.29) is 12.1 Å². The molecule has 94 valence electrons. The van der Waals surface area contributed by atoms with Crippen LogP contribution in [0.5, 0.6) is 0 Å². The molecule has 1 aromatic rings. The molecule has 2 rings (SSSR count). The van der Waals surface area contributed by atoms with Gasteiger partial charge < -0.3 is 10.0 Å². The molecule has 0 radical (unpaired) electrons. The molecule has 1 aromatic carbocycles. The van der Waals surface area contributed by atoms with Gasteiger partial charge in [0, 0.05) is 13.1 Å². The first-order valence-corrected chi connectivity index (χ1v) is 5.64. The Hall–Kier alpha value is -2.09. The third kappa shape index (κ3) is 2.02. The summed E-state index contributed by atoms with van der Waals surface area (Å²) in [4.78, 5) is 12.8. The molecule has 0 spiro atoms. The van der Waals surface area contributed by atoms with E-state index < -0.39 is 17.2 Å². The van der Waals surface area contributed by atoms with Gasteiger partial charge in [0.2, 0.25) is 0 Å². The molecule has 1 heterocycles. The van der Waals surface area contributed by atoms with Crippen LogP contribution in [0.15, 0.2) is 18.2 Å². The lowest BCUT2D eigenvalue weighted by atomic mass is 9.90. The molecule has 1 fully saturated rings. The molecule has 1 atom stereocenters. The highest BCUT2D eigenvalue weighted by Gasteiger charge is 2.41. The summed E-state index contributed by atoms with van der Waals surface area (Å²) in [6.45, 7) is 2.45. The Morgan fingerprint density at radius 3 is 2.83 bits per heavy atom. The summed E-state index contributed by atoms with van der Waals surface area (Å²) in [7, 11) is 0. The molecule has 1 aliphatic heterocycles. The highest BCUT2D eigenvalue weighted by atomic mass is 19.1. The quantitative estimate of drug-likeness (QED) is 0.869. The van der Waals surface area contributed by atoms with Crippen molar-refractivity contribution < 1.29 is 14.3 Å². The van der Waals surface area contributed by atoms with Crippen molar-refractivity contribution in [3.05, 3.63) is 29.6 Å². The summed E-state index contributed by atoms with van der Waals surface area (Å²) in [6, 6.07) is 6.11. The Morgan fingerprint density at radius 1 is 1.61 bits per heavy atom. The maximum absolute atomic E-state index is 13.8. The minimum Gasteiger partial charge on any atom is -0.481 e. The average molecular weight is 248 g/mol. The summed E-state index contributed by atoms with van der Waals surface area (Å²) < 4.78 is 13.8. The smallest absolute Gasteiger partial charge is 0.311 e. The predicted octanol–water partition coefficient (Wildman–Crippen LogP) is 2.00. The van der Waals surface area contributed by atoms with Gasteiger partial charge in [-0.05, 0) is 31.5 Å². The van der Waals surface area contributed by atoms with Gasteiger partial charge in [-0.25, -0.2) is 4.39 Å². The van der Waals surface area contributed by atoms with Crippen LogP contribution in [0.2, 0.25) is 0 Å². The lowest BCUT2D eigenvalue weighted by Crippen LogP contribution is -2.32. The number of nitriles is 1. The minimum atomic E-state index is -0.862. The average Bonchev–Trinajstić information content (AvgIpc) is 2.73. The lowest BCUT2D eigenvalue weighted by molar-refractivity contribution is -0.146. The minimum absolute atomic E-state index is 0.261. The van der Waals surface area contributed by atoms with E-state index in [1.54, 1.807) is 11.8 Å². The van der Waals surface area contributed by atoms with E-state index in [0.717, 1.165) is 0 Å². The molecule has 5 heteroatoms. The molecule has 0 bridgehead atoms. The van der Waals surface area contributed by atoms with Crippen molar-refractivity contribution in [3.8, 4) is 6.07 Å². The second-order valence-electron chi connectivity index (χ2n) is 4.82. The fraction of sp³-hybridized carbons (Fsp3) is 0.385. The summed E-state index contributed by atoms with van der Waals surface area (Å²) in [6.07, 6.45) is 0.488. The van der Waals surface area contributed by atoms with Gasteiger partial charge in [-0.3, -0.25) is 4.79 Å². The monoisotopic (exact) mass is 248 g/mol. The standard InChI is InChI=1S/C13H13FN2O2/c1-13(12(17)18)4-5-16(8-13)11-3-2-9(7-15)6-10(11)14/h2-3,6H,4-5,8H2,1H3,(H,17,18). The third-order valence-corrected chi connectivity index (χ3v) is 3.41. The Morgan fingerprint density at radius 2 is 2.33 bits per heavy atom. The zero-order valence-corrected chi connectivity index (χ0v) is 9.98. The van der Waals surface area contributed by atoms with Crippen LogP contribution in [0.1, 0.15) is 18.9 Å².